The number of ether oxygens (including phenoxy) is 2. The summed E-state index contributed by atoms with van der Waals surface area (Å²) < 4.78 is 12.0. The van der Waals surface area contributed by atoms with Crippen molar-refractivity contribution in [1.29, 1.82) is 0 Å². The van der Waals surface area contributed by atoms with Crippen LogP contribution in [0, 0.1) is 0 Å². The Kier molecular flexibility index (Phi) is 5.59. The molecule has 0 spiro atoms. The maximum absolute atomic E-state index is 5.89. The smallest absolute Gasteiger partial charge is 0.188 e. The van der Waals surface area contributed by atoms with E-state index < -0.39 is 0 Å². The normalized spacial score (nSPS) is 20.7. The SMILES string of the molecule is COCOc1c(Br)ccc2c1[C@@H](C)N(Cc1ccccc1)[C@H](C)C2. The van der Waals surface area contributed by atoms with Crippen LogP contribution in [0.15, 0.2) is 46.9 Å². The Morgan fingerprint density at radius 2 is 1.88 bits per heavy atom. The van der Waals surface area contributed by atoms with Gasteiger partial charge in [-0.1, -0.05) is 36.4 Å². The van der Waals surface area contributed by atoms with Gasteiger partial charge in [-0.05, 0) is 53.4 Å². The number of rotatable bonds is 5. The summed E-state index contributed by atoms with van der Waals surface area (Å²) in [6.45, 7) is 5.78. The molecule has 3 rings (SSSR count). The zero-order valence-corrected chi connectivity index (χ0v) is 16.0. The Hall–Kier alpha value is -1.36. The van der Waals surface area contributed by atoms with Crippen molar-refractivity contribution in [2.45, 2.75) is 38.9 Å². The Morgan fingerprint density at radius 1 is 1.12 bits per heavy atom. The third-order valence-corrected chi connectivity index (χ3v) is 5.39. The molecule has 1 aliphatic rings. The van der Waals surface area contributed by atoms with Crippen molar-refractivity contribution in [2.75, 3.05) is 13.9 Å². The van der Waals surface area contributed by atoms with E-state index in [1.54, 1.807) is 7.11 Å². The van der Waals surface area contributed by atoms with Gasteiger partial charge in [0.05, 0.1) is 4.47 Å². The Balaban J connectivity index is 1.94. The lowest BCUT2D eigenvalue weighted by molar-refractivity contribution is 0.0464. The van der Waals surface area contributed by atoms with Gasteiger partial charge in [0.2, 0.25) is 0 Å². The molecule has 0 saturated heterocycles. The van der Waals surface area contributed by atoms with Crippen LogP contribution in [-0.2, 0) is 17.7 Å². The minimum absolute atomic E-state index is 0.260. The van der Waals surface area contributed by atoms with Crippen LogP contribution in [-0.4, -0.2) is 24.8 Å². The van der Waals surface area contributed by atoms with Gasteiger partial charge in [-0.25, -0.2) is 0 Å². The second-order valence-electron chi connectivity index (χ2n) is 6.39. The van der Waals surface area contributed by atoms with Gasteiger partial charge in [0.25, 0.3) is 0 Å². The third kappa shape index (κ3) is 3.51. The van der Waals surface area contributed by atoms with Gasteiger partial charge in [-0.15, -0.1) is 0 Å². The third-order valence-electron chi connectivity index (χ3n) is 4.76. The molecule has 128 valence electrons. The molecular formula is C20H24BrNO2. The zero-order valence-electron chi connectivity index (χ0n) is 14.5. The number of hydrogen-bond acceptors (Lipinski definition) is 3. The summed E-state index contributed by atoms with van der Waals surface area (Å²) in [5, 5.41) is 0. The van der Waals surface area contributed by atoms with E-state index in [1.165, 1.54) is 16.7 Å². The second-order valence-corrected chi connectivity index (χ2v) is 7.24. The van der Waals surface area contributed by atoms with Gasteiger partial charge in [0.15, 0.2) is 6.79 Å². The van der Waals surface area contributed by atoms with E-state index in [-0.39, 0.29) is 12.8 Å². The number of benzene rings is 2. The Bertz CT molecular complexity index is 690. The molecule has 0 radical (unpaired) electrons. The van der Waals surface area contributed by atoms with E-state index >= 15 is 0 Å². The average Bonchev–Trinajstić information content (AvgIpc) is 2.59. The van der Waals surface area contributed by atoms with Crippen LogP contribution in [0.3, 0.4) is 0 Å². The molecule has 0 aliphatic carbocycles. The van der Waals surface area contributed by atoms with Gasteiger partial charge < -0.3 is 9.47 Å². The lowest BCUT2D eigenvalue weighted by Crippen LogP contribution is -2.40. The minimum Gasteiger partial charge on any atom is -0.466 e. The largest absolute Gasteiger partial charge is 0.466 e. The Labute approximate surface area is 152 Å². The van der Waals surface area contributed by atoms with Crippen molar-refractivity contribution in [3.05, 3.63) is 63.6 Å². The van der Waals surface area contributed by atoms with E-state index in [0.717, 1.165) is 23.2 Å². The molecule has 4 heteroatoms. The first kappa shape index (κ1) is 17.5. The first-order valence-corrected chi connectivity index (χ1v) is 9.13. The maximum atomic E-state index is 5.89. The van der Waals surface area contributed by atoms with Crippen LogP contribution >= 0.6 is 15.9 Å². The summed E-state index contributed by atoms with van der Waals surface area (Å²) in [4.78, 5) is 2.55. The molecule has 2 aromatic rings. The maximum Gasteiger partial charge on any atom is 0.188 e. The number of halogens is 1. The zero-order chi connectivity index (χ0) is 17.1. The van der Waals surface area contributed by atoms with E-state index in [1.807, 2.05) is 0 Å². The standard InChI is InChI=1S/C20H24BrNO2/c1-14-11-17-9-10-18(21)20(24-13-23-3)19(17)15(2)22(14)12-16-7-5-4-6-8-16/h4-10,14-15H,11-13H2,1-3H3/t14-,15-/m1/s1. The fourth-order valence-electron chi connectivity index (χ4n) is 3.58. The van der Waals surface area contributed by atoms with Gasteiger partial charge in [0, 0.05) is 31.3 Å². The molecule has 0 aromatic heterocycles. The lowest BCUT2D eigenvalue weighted by Gasteiger charge is -2.41. The molecule has 3 nitrogen and oxygen atoms in total. The van der Waals surface area contributed by atoms with E-state index in [2.05, 4.69) is 77.1 Å². The highest BCUT2D eigenvalue weighted by Gasteiger charge is 2.32. The highest BCUT2D eigenvalue weighted by molar-refractivity contribution is 9.10. The van der Waals surface area contributed by atoms with E-state index in [4.69, 9.17) is 9.47 Å². The topological polar surface area (TPSA) is 21.7 Å². The van der Waals surface area contributed by atoms with Crippen LogP contribution in [0.1, 0.15) is 36.6 Å². The molecule has 1 heterocycles. The summed E-state index contributed by atoms with van der Waals surface area (Å²) in [7, 11) is 1.65. The Morgan fingerprint density at radius 3 is 2.58 bits per heavy atom. The van der Waals surface area contributed by atoms with Crippen molar-refractivity contribution in [1.82, 2.24) is 4.90 Å². The van der Waals surface area contributed by atoms with Crippen molar-refractivity contribution in [3.63, 3.8) is 0 Å². The molecule has 0 bridgehead atoms. The highest BCUT2D eigenvalue weighted by Crippen LogP contribution is 2.43. The fourth-order valence-corrected chi connectivity index (χ4v) is 4.04. The summed E-state index contributed by atoms with van der Waals surface area (Å²) in [5.41, 5.74) is 3.98. The molecule has 2 atom stereocenters. The number of hydrogen-bond donors (Lipinski definition) is 0. The fraction of sp³-hybridized carbons (Fsp3) is 0.400. The van der Waals surface area contributed by atoms with E-state index in [9.17, 15) is 0 Å². The van der Waals surface area contributed by atoms with Crippen molar-refractivity contribution >= 4 is 15.9 Å². The monoisotopic (exact) mass is 389 g/mol. The summed E-state index contributed by atoms with van der Waals surface area (Å²) >= 11 is 3.64. The van der Waals surface area contributed by atoms with Crippen LogP contribution in [0.2, 0.25) is 0 Å². The van der Waals surface area contributed by atoms with Crippen LogP contribution in [0.5, 0.6) is 5.75 Å². The molecule has 1 aliphatic heterocycles. The quantitative estimate of drug-likeness (QED) is 0.675. The predicted molar refractivity (Wildman–Crippen MR) is 100 cm³/mol. The molecule has 0 amide bonds. The molecule has 24 heavy (non-hydrogen) atoms. The van der Waals surface area contributed by atoms with Crippen molar-refractivity contribution < 1.29 is 9.47 Å². The number of nitrogens with zero attached hydrogens (tertiary/aromatic N) is 1. The van der Waals surface area contributed by atoms with Crippen molar-refractivity contribution in [2.24, 2.45) is 0 Å². The molecule has 0 unspecified atom stereocenters. The average molecular weight is 390 g/mol. The van der Waals surface area contributed by atoms with Crippen molar-refractivity contribution in [3.8, 4) is 5.75 Å². The first-order valence-electron chi connectivity index (χ1n) is 8.34. The summed E-state index contributed by atoms with van der Waals surface area (Å²) in [5.74, 6) is 0.909. The number of methoxy groups -OCH3 is 1. The van der Waals surface area contributed by atoms with Gasteiger partial charge in [-0.3, -0.25) is 4.90 Å². The van der Waals surface area contributed by atoms with Crippen LogP contribution < -0.4 is 4.74 Å². The summed E-state index contributed by atoms with van der Waals surface area (Å²) in [6.07, 6.45) is 1.03. The molecule has 2 aromatic carbocycles. The molecule has 0 fully saturated rings. The number of fused-ring (bicyclic) bond motifs is 1. The lowest BCUT2D eigenvalue weighted by atomic mass is 9.88. The van der Waals surface area contributed by atoms with Crippen LogP contribution in [0.25, 0.3) is 0 Å². The van der Waals surface area contributed by atoms with Crippen LogP contribution in [0.4, 0.5) is 0 Å². The second kappa shape index (κ2) is 7.68. The predicted octanol–water partition coefficient (Wildman–Crippen LogP) is 4.94. The van der Waals surface area contributed by atoms with Gasteiger partial charge in [0.1, 0.15) is 5.75 Å². The van der Waals surface area contributed by atoms with E-state index in [0.29, 0.717) is 6.04 Å². The molecule has 0 saturated carbocycles. The summed E-state index contributed by atoms with van der Waals surface area (Å²) in [6, 6.07) is 15.7. The van der Waals surface area contributed by atoms with Gasteiger partial charge >= 0.3 is 0 Å². The molecular weight excluding hydrogens is 366 g/mol. The first-order chi connectivity index (χ1) is 11.6. The van der Waals surface area contributed by atoms with Gasteiger partial charge in [-0.2, -0.15) is 0 Å². The highest BCUT2D eigenvalue weighted by atomic mass is 79.9. The molecule has 0 N–H and O–H groups in total. The minimum atomic E-state index is 0.260.